The fourth-order valence-electron chi connectivity index (χ4n) is 2.45. The first-order valence-electron chi connectivity index (χ1n) is 8.20. The van der Waals surface area contributed by atoms with Crippen LogP contribution in [-0.4, -0.2) is 24.1 Å². The summed E-state index contributed by atoms with van der Waals surface area (Å²) in [7, 11) is 1.60. The van der Waals surface area contributed by atoms with Gasteiger partial charge in [-0.05, 0) is 44.2 Å². The largest absolute Gasteiger partial charge is 0.497 e. The van der Waals surface area contributed by atoms with Gasteiger partial charge in [-0.3, -0.25) is 4.79 Å². The van der Waals surface area contributed by atoms with E-state index in [9.17, 15) is 4.79 Å². The van der Waals surface area contributed by atoms with Crippen molar-refractivity contribution in [3.63, 3.8) is 0 Å². The number of hydrogen-bond acceptors (Lipinski definition) is 5. The predicted octanol–water partition coefficient (Wildman–Crippen LogP) is 4.53. The molecule has 0 radical (unpaired) electrons. The summed E-state index contributed by atoms with van der Waals surface area (Å²) in [6.45, 7) is 3.68. The fourth-order valence-corrected chi connectivity index (χ4v) is 3.06. The highest BCUT2D eigenvalue weighted by atomic mass is 32.1. The van der Waals surface area contributed by atoms with Crippen LogP contribution >= 0.6 is 11.3 Å². The van der Waals surface area contributed by atoms with Gasteiger partial charge in [-0.25, -0.2) is 4.98 Å². The number of aromatic nitrogens is 1. The van der Waals surface area contributed by atoms with Crippen molar-refractivity contribution in [2.75, 3.05) is 12.4 Å². The number of para-hydroxylation sites is 1. The molecule has 5 nitrogen and oxygen atoms in total. The Kier molecular flexibility index (Phi) is 5.53. The number of nitrogens with one attached hydrogen (secondary N) is 1. The third-order valence-corrected chi connectivity index (χ3v) is 4.59. The minimum Gasteiger partial charge on any atom is -0.497 e. The monoisotopic (exact) mass is 368 g/mol. The van der Waals surface area contributed by atoms with Crippen molar-refractivity contribution in [3.8, 4) is 22.8 Å². The van der Waals surface area contributed by atoms with E-state index in [2.05, 4.69) is 10.3 Å². The van der Waals surface area contributed by atoms with E-state index in [0.29, 0.717) is 11.4 Å². The summed E-state index contributed by atoms with van der Waals surface area (Å²) in [6, 6.07) is 14.7. The van der Waals surface area contributed by atoms with Gasteiger partial charge in [0, 0.05) is 10.9 Å². The number of hydrogen-bond donors (Lipinski definition) is 1. The summed E-state index contributed by atoms with van der Waals surface area (Å²) in [4.78, 5) is 17.1. The molecule has 1 unspecified atom stereocenters. The summed E-state index contributed by atoms with van der Waals surface area (Å²) in [5.41, 5.74) is 2.46. The second-order valence-corrected chi connectivity index (χ2v) is 6.78. The van der Waals surface area contributed by atoms with E-state index in [4.69, 9.17) is 9.47 Å². The number of benzene rings is 2. The molecule has 2 aromatic carbocycles. The van der Waals surface area contributed by atoms with E-state index in [-0.39, 0.29) is 5.91 Å². The Morgan fingerprint density at radius 1 is 1.12 bits per heavy atom. The molecule has 3 rings (SSSR count). The molecule has 6 heteroatoms. The van der Waals surface area contributed by atoms with Crippen LogP contribution in [0, 0.1) is 6.92 Å². The molecule has 0 aliphatic rings. The summed E-state index contributed by atoms with van der Waals surface area (Å²) in [6.07, 6.45) is -0.645. The first-order valence-corrected chi connectivity index (χ1v) is 9.08. The molecule has 1 amide bonds. The highest BCUT2D eigenvalue weighted by Crippen LogP contribution is 2.29. The summed E-state index contributed by atoms with van der Waals surface area (Å²) in [5, 5.41) is 5.90. The van der Waals surface area contributed by atoms with Crippen molar-refractivity contribution in [1.29, 1.82) is 0 Å². The van der Waals surface area contributed by atoms with E-state index in [0.717, 1.165) is 22.0 Å². The topological polar surface area (TPSA) is 60.5 Å². The number of nitrogens with zero attached hydrogens (tertiary/aromatic N) is 1. The standard InChI is InChI=1S/C20H20N2O3S/c1-13(25-16-10-8-15(24-3)9-11-16)20(23)22-18-7-5-4-6-17(18)19-12-26-14(2)21-19/h4-13H,1-3H3,(H,22,23). The Balaban J connectivity index is 1.71. The van der Waals surface area contributed by atoms with E-state index >= 15 is 0 Å². The van der Waals surface area contributed by atoms with Crippen molar-refractivity contribution in [2.45, 2.75) is 20.0 Å². The second-order valence-electron chi connectivity index (χ2n) is 5.72. The van der Waals surface area contributed by atoms with Crippen LogP contribution < -0.4 is 14.8 Å². The average molecular weight is 368 g/mol. The third-order valence-electron chi connectivity index (χ3n) is 3.82. The van der Waals surface area contributed by atoms with Crippen LogP contribution in [0.5, 0.6) is 11.5 Å². The molecular formula is C20H20N2O3S. The maximum absolute atomic E-state index is 12.6. The predicted molar refractivity (Wildman–Crippen MR) is 104 cm³/mol. The van der Waals surface area contributed by atoms with Crippen molar-refractivity contribution >= 4 is 22.9 Å². The lowest BCUT2D eigenvalue weighted by molar-refractivity contribution is -0.122. The maximum Gasteiger partial charge on any atom is 0.265 e. The first kappa shape index (κ1) is 17.9. The van der Waals surface area contributed by atoms with Crippen molar-refractivity contribution in [3.05, 3.63) is 58.9 Å². The number of carbonyl (C=O) groups excluding carboxylic acids is 1. The van der Waals surface area contributed by atoms with Crippen LogP contribution in [0.25, 0.3) is 11.3 Å². The normalized spacial score (nSPS) is 11.7. The van der Waals surface area contributed by atoms with Crippen molar-refractivity contribution in [1.82, 2.24) is 4.98 Å². The van der Waals surface area contributed by atoms with Gasteiger partial charge in [0.2, 0.25) is 0 Å². The Labute approximate surface area is 156 Å². The van der Waals surface area contributed by atoms with Crippen LogP contribution in [0.1, 0.15) is 11.9 Å². The van der Waals surface area contributed by atoms with Crippen LogP contribution in [0.15, 0.2) is 53.9 Å². The van der Waals surface area contributed by atoms with Crippen molar-refractivity contribution < 1.29 is 14.3 Å². The van der Waals surface area contributed by atoms with E-state index < -0.39 is 6.10 Å². The number of ether oxygens (including phenoxy) is 2. The molecule has 0 saturated carbocycles. The SMILES string of the molecule is COc1ccc(OC(C)C(=O)Nc2ccccc2-c2csc(C)n2)cc1. The number of methoxy groups -OCH3 is 1. The second kappa shape index (κ2) is 8.01. The zero-order valence-corrected chi connectivity index (χ0v) is 15.7. The zero-order valence-electron chi connectivity index (χ0n) is 14.9. The van der Waals surface area contributed by atoms with Gasteiger partial charge < -0.3 is 14.8 Å². The molecule has 134 valence electrons. The lowest BCUT2D eigenvalue weighted by Crippen LogP contribution is -2.30. The molecular weight excluding hydrogens is 348 g/mol. The number of anilines is 1. The van der Waals surface area contributed by atoms with Gasteiger partial charge in [-0.2, -0.15) is 0 Å². The zero-order chi connectivity index (χ0) is 18.5. The number of aryl methyl sites for hydroxylation is 1. The molecule has 26 heavy (non-hydrogen) atoms. The summed E-state index contributed by atoms with van der Waals surface area (Å²) < 4.78 is 10.8. The molecule has 3 aromatic rings. The number of rotatable bonds is 6. The molecule has 0 fully saturated rings. The highest BCUT2D eigenvalue weighted by Gasteiger charge is 2.17. The quantitative estimate of drug-likeness (QED) is 0.694. The van der Waals surface area contributed by atoms with Gasteiger partial charge >= 0.3 is 0 Å². The van der Waals surface area contributed by atoms with Gasteiger partial charge in [0.15, 0.2) is 6.10 Å². The Morgan fingerprint density at radius 2 is 1.81 bits per heavy atom. The molecule has 1 atom stereocenters. The Hall–Kier alpha value is -2.86. The van der Waals surface area contributed by atoms with Gasteiger partial charge in [0.25, 0.3) is 5.91 Å². The molecule has 0 bridgehead atoms. The van der Waals surface area contributed by atoms with E-state index in [1.807, 2.05) is 36.6 Å². The Morgan fingerprint density at radius 3 is 2.46 bits per heavy atom. The van der Waals surface area contributed by atoms with E-state index in [1.165, 1.54) is 0 Å². The number of thiazole rings is 1. The molecule has 0 spiro atoms. The minimum atomic E-state index is -0.645. The molecule has 0 saturated heterocycles. The fraction of sp³-hybridized carbons (Fsp3) is 0.200. The van der Waals surface area contributed by atoms with Crippen LogP contribution in [0.2, 0.25) is 0 Å². The lowest BCUT2D eigenvalue weighted by Gasteiger charge is -2.16. The number of carbonyl (C=O) groups is 1. The van der Waals surface area contributed by atoms with Gasteiger partial charge in [-0.1, -0.05) is 18.2 Å². The van der Waals surface area contributed by atoms with Gasteiger partial charge in [0.05, 0.1) is 23.5 Å². The molecule has 0 aliphatic carbocycles. The molecule has 1 heterocycles. The smallest absolute Gasteiger partial charge is 0.265 e. The van der Waals surface area contributed by atoms with Crippen LogP contribution in [-0.2, 0) is 4.79 Å². The minimum absolute atomic E-state index is 0.222. The maximum atomic E-state index is 12.6. The van der Waals surface area contributed by atoms with Crippen LogP contribution in [0.4, 0.5) is 5.69 Å². The summed E-state index contributed by atoms with van der Waals surface area (Å²) in [5.74, 6) is 1.12. The van der Waals surface area contributed by atoms with Crippen LogP contribution in [0.3, 0.4) is 0 Å². The molecule has 1 aromatic heterocycles. The van der Waals surface area contributed by atoms with E-state index in [1.54, 1.807) is 49.6 Å². The molecule has 1 N–H and O–H groups in total. The Bertz CT molecular complexity index is 890. The lowest BCUT2D eigenvalue weighted by atomic mass is 10.1. The first-order chi connectivity index (χ1) is 12.6. The molecule has 0 aliphatic heterocycles. The third kappa shape index (κ3) is 4.21. The van der Waals surface area contributed by atoms with Crippen molar-refractivity contribution in [2.24, 2.45) is 0 Å². The van der Waals surface area contributed by atoms with Gasteiger partial charge in [-0.15, -0.1) is 11.3 Å². The average Bonchev–Trinajstić information content (AvgIpc) is 3.09. The van der Waals surface area contributed by atoms with Gasteiger partial charge in [0.1, 0.15) is 11.5 Å². The number of amides is 1. The highest BCUT2D eigenvalue weighted by molar-refractivity contribution is 7.09. The summed E-state index contributed by atoms with van der Waals surface area (Å²) >= 11 is 1.58.